The smallest absolute Gasteiger partial charge is 0.225 e. The Bertz CT molecular complexity index is 921. The van der Waals surface area contributed by atoms with Crippen LogP contribution in [0.1, 0.15) is 32.2 Å². The van der Waals surface area contributed by atoms with Gasteiger partial charge in [0.2, 0.25) is 5.91 Å². The lowest BCUT2D eigenvalue weighted by atomic mass is 9.96. The summed E-state index contributed by atoms with van der Waals surface area (Å²) in [6.45, 7) is 9.36. The summed E-state index contributed by atoms with van der Waals surface area (Å²) < 4.78 is 8.00. The second-order valence-corrected chi connectivity index (χ2v) is 7.76. The van der Waals surface area contributed by atoms with Crippen LogP contribution in [0.3, 0.4) is 0 Å². The van der Waals surface area contributed by atoms with Gasteiger partial charge in [-0.2, -0.15) is 0 Å². The third kappa shape index (κ3) is 4.67. The molecule has 1 heterocycles. The van der Waals surface area contributed by atoms with Gasteiger partial charge in [-0.3, -0.25) is 4.79 Å². The van der Waals surface area contributed by atoms with Crippen LogP contribution in [0.2, 0.25) is 0 Å². The summed E-state index contributed by atoms with van der Waals surface area (Å²) in [5.41, 5.74) is 2.75. The van der Waals surface area contributed by atoms with Gasteiger partial charge in [0.05, 0.1) is 24.1 Å². The van der Waals surface area contributed by atoms with E-state index in [-0.39, 0.29) is 5.91 Å². The Labute approximate surface area is 160 Å². The number of carbonyl (C=O) groups excluding carboxylic acids is 1. The number of para-hydroxylation sites is 2. The van der Waals surface area contributed by atoms with Gasteiger partial charge in [0.25, 0.3) is 0 Å². The van der Waals surface area contributed by atoms with Gasteiger partial charge in [-0.15, -0.1) is 0 Å². The molecular formula is C22H27N3O2. The molecule has 1 amide bonds. The van der Waals surface area contributed by atoms with E-state index in [9.17, 15) is 4.79 Å². The van der Waals surface area contributed by atoms with Gasteiger partial charge in [0, 0.05) is 5.41 Å². The van der Waals surface area contributed by atoms with E-state index in [1.807, 2.05) is 69.3 Å². The number of aromatic nitrogens is 2. The third-order valence-corrected chi connectivity index (χ3v) is 4.43. The van der Waals surface area contributed by atoms with Crippen molar-refractivity contribution < 1.29 is 9.53 Å². The molecule has 0 saturated heterocycles. The molecule has 0 aliphatic carbocycles. The van der Waals surface area contributed by atoms with E-state index < -0.39 is 5.41 Å². The Morgan fingerprint density at radius 1 is 1.11 bits per heavy atom. The monoisotopic (exact) mass is 365 g/mol. The van der Waals surface area contributed by atoms with Gasteiger partial charge in [-0.1, -0.05) is 50.6 Å². The largest absolute Gasteiger partial charge is 0.492 e. The molecule has 5 heteroatoms. The molecule has 0 saturated carbocycles. The molecule has 0 aliphatic rings. The maximum absolute atomic E-state index is 12.2. The van der Waals surface area contributed by atoms with Crippen molar-refractivity contribution in [1.82, 2.24) is 14.9 Å². The predicted octanol–water partition coefficient (Wildman–Crippen LogP) is 4.09. The van der Waals surface area contributed by atoms with E-state index in [2.05, 4.69) is 16.8 Å². The Hall–Kier alpha value is -2.82. The minimum atomic E-state index is -0.425. The first kappa shape index (κ1) is 19.0. The first-order valence-electron chi connectivity index (χ1n) is 9.26. The van der Waals surface area contributed by atoms with Crippen LogP contribution in [-0.4, -0.2) is 22.1 Å². The van der Waals surface area contributed by atoms with Crippen LogP contribution in [0.15, 0.2) is 48.5 Å². The van der Waals surface area contributed by atoms with Crippen LogP contribution in [0.25, 0.3) is 11.0 Å². The van der Waals surface area contributed by atoms with E-state index in [4.69, 9.17) is 9.72 Å². The molecule has 0 spiro atoms. The van der Waals surface area contributed by atoms with E-state index in [0.717, 1.165) is 22.6 Å². The Morgan fingerprint density at radius 3 is 2.52 bits per heavy atom. The molecule has 0 radical (unpaired) electrons. The molecular weight excluding hydrogens is 338 g/mol. The molecule has 3 aromatic rings. The van der Waals surface area contributed by atoms with Gasteiger partial charge in [0.1, 0.15) is 18.2 Å². The van der Waals surface area contributed by atoms with Crippen LogP contribution in [0, 0.1) is 12.3 Å². The van der Waals surface area contributed by atoms with E-state index in [0.29, 0.717) is 19.7 Å². The predicted molar refractivity (Wildman–Crippen MR) is 108 cm³/mol. The van der Waals surface area contributed by atoms with Gasteiger partial charge >= 0.3 is 0 Å². The van der Waals surface area contributed by atoms with Crippen molar-refractivity contribution >= 4 is 16.9 Å². The number of hydrogen-bond donors (Lipinski definition) is 1. The second-order valence-electron chi connectivity index (χ2n) is 7.76. The van der Waals surface area contributed by atoms with Crippen molar-refractivity contribution in [2.75, 3.05) is 6.61 Å². The zero-order valence-electron chi connectivity index (χ0n) is 16.5. The summed E-state index contributed by atoms with van der Waals surface area (Å²) in [5.74, 6) is 1.70. The third-order valence-electron chi connectivity index (χ3n) is 4.43. The molecule has 0 unspecified atom stereocenters. The normalized spacial score (nSPS) is 11.6. The lowest BCUT2D eigenvalue weighted by Crippen LogP contribution is -2.35. The molecule has 0 fully saturated rings. The van der Waals surface area contributed by atoms with Crippen LogP contribution in [-0.2, 0) is 17.9 Å². The van der Waals surface area contributed by atoms with E-state index >= 15 is 0 Å². The maximum Gasteiger partial charge on any atom is 0.225 e. The number of amides is 1. The number of imidazole rings is 1. The number of rotatable bonds is 6. The molecule has 0 aliphatic heterocycles. The number of benzene rings is 2. The fraction of sp³-hybridized carbons (Fsp3) is 0.364. The fourth-order valence-electron chi connectivity index (χ4n) is 2.82. The van der Waals surface area contributed by atoms with Gasteiger partial charge < -0.3 is 14.6 Å². The first-order chi connectivity index (χ1) is 12.8. The van der Waals surface area contributed by atoms with Gasteiger partial charge in [-0.05, 0) is 31.2 Å². The minimum Gasteiger partial charge on any atom is -0.492 e. The van der Waals surface area contributed by atoms with Gasteiger partial charge in [0.15, 0.2) is 0 Å². The molecule has 3 rings (SSSR count). The molecule has 27 heavy (non-hydrogen) atoms. The quantitative estimate of drug-likeness (QED) is 0.716. The lowest BCUT2D eigenvalue weighted by Gasteiger charge is -2.18. The highest BCUT2D eigenvalue weighted by molar-refractivity contribution is 5.81. The van der Waals surface area contributed by atoms with Gasteiger partial charge in [-0.25, -0.2) is 4.98 Å². The molecule has 0 bridgehead atoms. The summed E-state index contributed by atoms with van der Waals surface area (Å²) in [6.07, 6.45) is 0. The molecule has 5 nitrogen and oxygen atoms in total. The summed E-state index contributed by atoms with van der Waals surface area (Å²) >= 11 is 0. The summed E-state index contributed by atoms with van der Waals surface area (Å²) in [6, 6.07) is 16.0. The van der Waals surface area contributed by atoms with Crippen LogP contribution in [0.4, 0.5) is 0 Å². The van der Waals surface area contributed by atoms with Crippen molar-refractivity contribution in [1.29, 1.82) is 0 Å². The van der Waals surface area contributed by atoms with Crippen LogP contribution in [0.5, 0.6) is 5.75 Å². The zero-order valence-corrected chi connectivity index (χ0v) is 16.5. The van der Waals surface area contributed by atoms with Crippen molar-refractivity contribution in [3.63, 3.8) is 0 Å². The average molecular weight is 365 g/mol. The van der Waals surface area contributed by atoms with Crippen molar-refractivity contribution in [2.45, 2.75) is 40.8 Å². The maximum atomic E-state index is 12.2. The average Bonchev–Trinajstić information content (AvgIpc) is 2.98. The van der Waals surface area contributed by atoms with Crippen molar-refractivity contribution in [3.05, 3.63) is 59.9 Å². The lowest BCUT2D eigenvalue weighted by molar-refractivity contribution is -0.128. The number of nitrogens with one attached hydrogen (secondary N) is 1. The number of nitrogens with zero attached hydrogens (tertiary/aromatic N) is 2. The Balaban J connectivity index is 1.74. The summed E-state index contributed by atoms with van der Waals surface area (Å²) in [4.78, 5) is 16.9. The van der Waals surface area contributed by atoms with E-state index in [1.54, 1.807) is 0 Å². The Kier molecular flexibility index (Phi) is 5.49. The number of ether oxygens (including phenoxy) is 1. The second kappa shape index (κ2) is 7.82. The number of carbonyl (C=O) groups is 1. The highest BCUT2D eigenvalue weighted by atomic mass is 16.5. The molecule has 2 aromatic carbocycles. The van der Waals surface area contributed by atoms with Crippen LogP contribution >= 0.6 is 0 Å². The molecule has 1 aromatic heterocycles. The topological polar surface area (TPSA) is 56.1 Å². The van der Waals surface area contributed by atoms with Crippen molar-refractivity contribution in [2.24, 2.45) is 5.41 Å². The molecule has 0 atom stereocenters. The first-order valence-corrected chi connectivity index (χ1v) is 9.26. The SMILES string of the molecule is Cc1ccc(OCCn2c(CNC(=O)C(C)(C)C)nc3ccccc32)cc1. The van der Waals surface area contributed by atoms with E-state index in [1.165, 1.54) is 5.56 Å². The summed E-state index contributed by atoms with van der Waals surface area (Å²) in [5, 5.41) is 2.99. The zero-order chi connectivity index (χ0) is 19.4. The number of fused-ring (bicyclic) bond motifs is 1. The highest BCUT2D eigenvalue weighted by Gasteiger charge is 2.21. The number of hydrogen-bond acceptors (Lipinski definition) is 3. The van der Waals surface area contributed by atoms with Crippen LogP contribution < -0.4 is 10.1 Å². The number of aryl methyl sites for hydroxylation is 1. The molecule has 142 valence electrons. The standard InChI is InChI=1S/C22H27N3O2/c1-16-9-11-17(12-10-16)27-14-13-25-19-8-6-5-7-18(19)24-20(25)15-23-21(26)22(2,3)4/h5-12H,13-15H2,1-4H3,(H,23,26). The molecule has 1 N–H and O–H groups in total. The fourth-order valence-corrected chi connectivity index (χ4v) is 2.82. The Morgan fingerprint density at radius 2 is 1.81 bits per heavy atom. The minimum absolute atomic E-state index is 0.0111. The highest BCUT2D eigenvalue weighted by Crippen LogP contribution is 2.18. The summed E-state index contributed by atoms with van der Waals surface area (Å²) in [7, 11) is 0. The van der Waals surface area contributed by atoms with Crippen molar-refractivity contribution in [3.8, 4) is 5.75 Å².